The van der Waals surface area contributed by atoms with Crippen LogP contribution in [0.2, 0.25) is 5.02 Å². The number of rotatable bonds is 6. The maximum atomic E-state index is 13.9. The highest BCUT2D eigenvalue weighted by Gasteiger charge is 2.32. The number of pyridine rings is 1. The Morgan fingerprint density at radius 1 is 0.925 bits per heavy atom. The van der Waals surface area contributed by atoms with E-state index in [-0.39, 0.29) is 35.5 Å². The fraction of sp³-hybridized carbons (Fsp3) is 0.276. The Morgan fingerprint density at radius 3 is 2.45 bits per heavy atom. The number of sulfonamides is 1. The number of halogens is 1. The van der Waals surface area contributed by atoms with Crippen LogP contribution in [0.5, 0.6) is 5.75 Å². The van der Waals surface area contributed by atoms with Gasteiger partial charge in [-0.2, -0.15) is 14.1 Å². The molecule has 11 heteroatoms. The number of ether oxygens (including phenoxy) is 1. The molecule has 2 aliphatic rings. The summed E-state index contributed by atoms with van der Waals surface area (Å²) in [5, 5.41) is 4.97. The van der Waals surface area contributed by atoms with Crippen LogP contribution in [0.4, 0.5) is 5.69 Å². The predicted molar refractivity (Wildman–Crippen MR) is 153 cm³/mol. The van der Waals surface area contributed by atoms with Crippen LogP contribution in [0, 0.1) is 0 Å². The van der Waals surface area contributed by atoms with Crippen molar-refractivity contribution in [1.82, 2.24) is 19.1 Å². The first-order valence-electron chi connectivity index (χ1n) is 13.2. The Kier molecular flexibility index (Phi) is 7.31. The summed E-state index contributed by atoms with van der Waals surface area (Å²) in [5.74, 6) is 0.209. The third-order valence-corrected chi connectivity index (χ3v) is 9.43. The maximum Gasteiger partial charge on any atom is 0.316 e. The molecule has 1 aliphatic heterocycles. The summed E-state index contributed by atoms with van der Waals surface area (Å²) in [6.45, 7) is 1.23. The quantitative estimate of drug-likeness (QED) is 0.344. The molecule has 3 heterocycles. The first kappa shape index (κ1) is 26.5. The van der Waals surface area contributed by atoms with E-state index in [0.717, 1.165) is 12.8 Å². The lowest BCUT2D eigenvalue weighted by Crippen LogP contribution is -2.49. The van der Waals surface area contributed by atoms with Crippen molar-refractivity contribution in [1.29, 1.82) is 0 Å². The average molecular weight is 578 g/mol. The van der Waals surface area contributed by atoms with Gasteiger partial charge in [-0.15, -0.1) is 0 Å². The van der Waals surface area contributed by atoms with Gasteiger partial charge in [0, 0.05) is 43.8 Å². The second kappa shape index (κ2) is 11.0. The van der Waals surface area contributed by atoms with Gasteiger partial charge in [0.2, 0.25) is 5.75 Å². The number of benzene rings is 2. The molecule has 1 unspecified atom stereocenters. The van der Waals surface area contributed by atoms with Gasteiger partial charge in [0.1, 0.15) is 11.8 Å². The van der Waals surface area contributed by atoms with E-state index < -0.39 is 10.0 Å². The van der Waals surface area contributed by atoms with E-state index in [2.05, 4.69) is 22.2 Å². The Morgan fingerprint density at radius 2 is 1.70 bits per heavy atom. The largest absolute Gasteiger partial charge is 0.483 e. The molecule has 0 amide bonds. The van der Waals surface area contributed by atoms with Crippen LogP contribution in [0.3, 0.4) is 0 Å². The van der Waals surface area contributed by atoms with Crippen LogP contribution in [-0.2, 0) is 22.9 Å². The molecule has 2 aromatic heterocycles. The van der Waals surface area contributed by atoms with Gasteiger partial charge >= 0.3 is 5.56 Å². The highest BCUT2D eigenvalue weighted by Crippen LogP contribution is 2.31. The van der Waals surface area contributed by atoms with Crippen molar-refractivity contribution in [3.8, 4) is 11.4 Å². The summed E-state index contributed by atoms with van der Waals surface area (Å²) in [6.07, 6.45) is 5.26. The number of aryl methyl sites for hydroxylation is 1. The lowest BCUT2D eigenvalue weighted by Gasteiger charge is -2.36. The number of aromatic nitrogens is 3. The van der Waals surface area contributed by atoms with Crippen LogP contribution >= 0.6 is 11.6 Å². The van der Waals surface area contributed by atoms with Gasteiger partial charge in [-0.25, -0.2) is 13.4 Å². The van der Waals surface area contributed by atoms with Gasteiger partial charge in [-0.3, -0.25) is 4.79 Å². The van der Waals surface area contributed by atoms with E-state index in [0.29, 0.717) is 35.9 Å². The maximum absolute atomic E-state index is 13.9. The average Bonchev–Trinajstić information content (AvgIpc) is 2.98. The smallest absolute Gasteiger partial charge is 0.316 e. The topological polar surface area (TPSA) is 97.6 Å². The molecule has 9 nitrogen and oxygen atoms in total. The lowest BCUT2D eigenvalue weighted by molar-refractivity contribution is 0.181. The fourth-order valence-electron chi connectivity index (χ4n) is 5.29. The normalized spacial score (nSPS) is 17.8. The summed E-state index contributed by atoms with van der Waals surface area (Å²) in [7, 11) is -3.71. The second-order valence-electron chi connectivity index (χ2n) is 9.87. The lowest BCUT2D eigenvalue weighted by atomic mass is 9.90. The van der Waals surface area contributed by atoms with E-state index in [1.165, 1.54) is 32.4 Å². The van der Waals surface area contributed by atoms with Gasteiger partial charge in [0.15, 0.2) is 5.03 Å². The molecule has 0 N–H and O–H groups in total. The van der Waals surface area contributed by atoms with Crippen molar-refractivity contribution in [2.75, 3.05) is 31.1 Å². The van der Waals surface area contributed by atoms with Crippen LogP contribution in [0.15, 0.2) is 88.9 Å². The molecule has 1 aliphatic carbocycles. The Labute approximate surface area is 237 Å². The standard InChI is InChI=1S/C29H28ClN5O4S/c30-23-8-5-9-24(19-23)35-29(36)28(39-25-12-11-21-6-1-2-7-22(21)18-25)26(20-32-35)33-14-16-34(17-15-33)40(37,38)27-10-3-4-13-31-27/h1-10,13,19-20,25H,11-12,14-18H2. The minimum atomic E-state index is -3.71. The van der Waals surface area contributed by atoms with Crippen molar-refractivity contribution in [3.63, 3.8) is 0 Å². The number of fused-ring (bicyclic) bond motifs is 1. The highest BCUT2D eigenvalue weighted by atomic mass is 35.5. The minimum absolute atomic E-state index is 0.0239. The zero-order valence-corrected chi connectivity index (χ0v) is 23.3. The van der Waals surface area contributed by atoms with E-state index in [1.807, 2.05) is 17.0 Å². The van der Waals surface area contributed by atoms with Gasteiger partial charge in [-0.05, 0) is 54.3 Å². The summed E-state index contributed by atoms with van der Waals surface area (Å²) < 4.78 is 35.4. The van der Waals surface area contributed by atoms with Crippen molar-refractivity contribution in [2.45, 2.75) is 30.4 Å². The molecule has 2 aromatic carbocycles. The zero-order chi connectivity index (χ0) is 27.7. The van der Waals surface area contributed by atoms with Gasteiger partial charge in [0.05, 0.1) is 11.9 Å². The molecule has 4 aromatic rings. The molecule has 1 atom stereocenters. The summed E-state index contributed by atoms with van der Waals surface area (Å²) in [6, 6.07) is 20.1. The van der Waals surface area contributed by atoms with Crippen molar-refractivity contribution < 1.29 is 13.2 Å². The van der Waals surface area contributed by atoms with Crippen molar-refractivity contribution >= 4 is 27.3 Å². The highest BCUT2D eigenvalue weighted by molar-refractivity contribution is 7.89. The molecule has 0 saturated carbocycles. The minimum Gasteiger partial charge on any atom is -0.483 e. The first-order valence-corrected chi connectivity index (χ1v) is 15.0. The molecule has 206 valence electrons. The van der Waals surface area contributed by atoms with Crippen LogP contribution < -0.4 is 15.2 Å². The summed E-state index contributed by atoms with van der Waals surface area (Å²) in [4.78, 5) is 19.9. The summed E-state index contributed by atoms with van der Waals surface area (Å²) in [5.41, 5.74) is 3.23. The van der Waals surface area contributed by atoms with Crippen LogP contribution in [-0.4, -0.2) is 59.8 Å². The fourth-order valence-corrected chi connectivity index (χ4v) is 6.83. The van der Waals surface area contributed by atoms with E-state index in [4.69, 9.17) is 16.3 Å². The summed E-state index contributed by atoms with van der Waals surface area (Å²) >= 11 is 6.20. The number of piperazine rings is 1. The predicted octanol–water partition coefficient (Wildman–Crippen LogP) is 3.73. The third kappa shape index (κ3) is 5.22. The molecular weight excluding hydrogens is 550 g/mol. The van der Waals surface area contributed by atoms with Gasteiger partial charge in [0.25, 0.3) is 10.0 Å². The molecule has 0 spiro atoms. The second-order valence-corrected chi connectivity index (χ2v) is 12.2. The van der Waals surface area contributed by atoms with Crippen LogP contribution in [0.25, 0.3) is 5.69 Å². The number of nitrogens with zero attached hydrogens (tertiary/aromatic N) is 5. The van der Waals surface area contributed by atoms with Crippen LogP contribution in [0.1, 0.15) is 17.5 Å². The van der Waals surface area contributed by atoms with Crippen molar-refractivity contribution in [2.24, 2.45) is 0 Å². The Hall–Kier alpha value is -3.73. The monoisotopic (exact) mass is 577 g/mol. The number of hydrogen-bond acceptors (Lipinski definition) is 7. The molecule has 0 radical (unpaired) electrons. The molecular formula is C29H28ClN5O4S. The van der Waals surface area contributed by atoms with E-state index >= 15 is 0 Å². The molecule has 6 rings (SSSR count). The molecule has 1 fully saturated rings. The zero-order valence-electron chi connectivity index (χ0n) is 21.7. The third-order valence-electron chi connectivity index (χ3n) is 7.37. The van der Waals surface area contributed by atoms with Gasteiger partial charge in [-0.1, -0.05) is 48.0 Å². The van der Waals surface area contributed by atoms with E-state index in [1.54, 1.807) is 42.6 Å². The number of anilines is 1. The molecule has 1 saturated heterocycles. The van der Waals surface area contributed by atoms with Gasteiger partial charge < -0.3 is 9.64 Å². The SMILES string of the molecule is O=c1c(OC2CCc3ccccc3C2)c(N2CCN(S(=O)(=O)c3ccccn3)CC2)cnn1-c1cccc(Cl)c1. The molecule has 40 heavy (non-hydrogen) atoms. The Balaban J connectivity index is 1.30. The van der Waals surface area contributed by atoms with E-state index in [9.17, 15) is 13.2 Å². The molecule has 0 bridgehead atoms. The number of hydrogen-bond donors (Lipinski definition) is 0. The first-order chi connectivity index (χ1) is 19.4. The Bertz CT molecular complexity index is 1690. The van der Waals surface area contributed by atoms with Crippen molar-refractivity contribution in [3.05, 3.63) is 106 Å².